The van der Waals surface area contributed by atoms with Gasteiger partial charge < -0.3 is 10.6 Å². The number of carbonyl (C=O) groups is 1. The minimum atomic E-state index is 0.0253. The zero-order valence-corrected chi connectivity index (χ0v) is 12.8. The third kappa shape index (κ3) is 9.11. The second-order valence-corrected chi connectivity index (χ2v) is 5.05. The van der Waals surface area contributed by atoms with Crippen LogP contribution >= 0.6 is 0 Å². The van der Waals surface area contributed by atoms with Gasteiger partial charge in [0.05, 0.1) is 0 Å². The Morgan fingerprint density at radius 1 is 1.32 bits per heavy atom. The summed E-state index contributed by atoms with van der Waals surface area (Å²) in [4.78, 5) is 11.6. The van der Waals surface area contributed by atoms with Gasteiger partial charge in [-0.25, -0.2) is 0 Å². The van der Waals surface area contributed by atoms with Gasteiger partial charge in [0.2, 0.25) is 5.91 Å². The zero-order valence-electron chi connectivity index (χ0n) is 12.8. The van der Waals surface area contributed by atoms with E-state index in [-0.39, 0.29) is 5.91 Å². The lowest BCUT2D eigenvalue weighted by Crippen LogP contribution is -2.24. The SMILES string of the molecule is C=CN/C(=C/C/C=C(\C)C(=O)NCCC)CC(C)C. The van der Waals surface area contributed by atoms with Gasteiger partial charge in [0.25, 0.3) is 0 Å². The van der Waals surface area contributed by atoms with Crippen LogP contribution in [0.25, 0.3) is 0 Å². The number of amides is 1. The van der Waals surface area contributed by atoms with Crippen LogP contribution in [-0.4, -0.2) is 12.5 Å². The maximum Gasteiger partial charge on any atom is 0.246 e. The highest BCUT2D eigenvalue weighted by Gasteiger charge is 2.02. The van der Waals surface area contributed by atoms with Gasteiger partial charge >= 0.3 is 0 Å². The fourth-order valence-corrected chi connectivity index (χ4v) is 1.62. The van der Waals surface area contributed by atoms with Crippen molar-refractivity contribution in [1.82, 2.24) is 10.6 Å². The van der Waals surface area contributed by atoms with E-state index in [4.69, 9.17) is 0 Å². The smallest absolute Gasteiger partial charge is 0.246 e. The summed E-state index contributed by atoms with van der Waals surface area (Å²) in [7, 11) is 0. The van der Waals surface area contributed by atoms with Gasteiger partial charge in [-0.3, -0.25) is 4.79 Å². The molecule has 0 spiro atoms. The number of rotatable bonds is 9. The van der Waals surface area contributed by atoms with Gasteiger partial charge in [0.1, 0.15) is 0 Å². The first-order chi connectivity index (χ1) is 9.01. The Morgan fingerprint density at radius 3 is 2.53 bits per heavy atom. The molecule has 0 aromatic rings. The first kappa shape index (κ1) is 17.5. The molecule has 19 heavy (non-hydrogen) atoms. The molecule has 0 fully saturated rings. The van der Waals surface area contributed by atoms with Crippen molar-refractivity contribution in [3.8, 4) is 0 Å². The van der Waals surface area contributed by atoms with Crippen molar-refractivity contribution >= 4 is 5.91 Å². The molecule has 1 amide bonds. The molecule has 0 radical (unpaired) electrons. The third-order valence-electron chi connectivity index (χ3n) is 2.60. The Bertz CT molecular complexity index is 341. The molecule has 0 aliphatic heterocycles. The van der Waals surface area contributed by atoms with E-state index in [9.17, 15) is 4.79 Å². The lowest BCUT2D eigenvalue weighted by Gasteiger charge is -2.09. The van der Waals surface area contributed by atoms with E-state index in [1.807, 2.05) is 19.9 Å². The van der Waals surface area contributed by atoms with Gasteiger partial charge in [-0.2, -0.15) is 0 Å². The second kappa shape index (κ2) is 10.4. The molecule has 0 aromatic carbocycles. The monoisotopic (exact) mass is 264 g/mol. The fraction of sp³-hybridized carbons (Fsp3) is 0.562. The highest BCUT2D eigenvalue weighted by molar-refractivity contribution is 5.92. The largest absolute Gasteiger partial charge is 0.366 e. The van der Waals surface area contributed by atoms with Gasteiger partial charge in [-0.15, -0.1) is 0 Å². The van der Waals surface area contributed by atoms with Gasteiger partial charge in [-0.05, 0) is 38.3 Å². The molecular weight excluding hydrogens is 236 g/mol. The number of carbonyl (C=O) groups excluding carboxylic acids is 1. The van der Waals surface area contributed by atoms with Gasteiger partial charge in [0.15, 0.2) is 0 Å². The van der Waals surface area contributed by atoms with Crippen LogP contribution in [0.2, 0.25) is 0 Å². The predicted molar refractivity (Wildman–Crippen MR) is 82.5 cm³/mol. The van der Waals surface area contributed by atoms with E-state index >= 15 is 0 Å². The quantitative estimate of drug-likeness (QED) is 0.626. The Labute approximate surface area is 117 Å². The summed E-state index contributed by atoms with van der Waals surface area (Å²) in [6.07, 6.45) is 8.46. The molecule has 0 heterocycles. The van der Waals surface area contributed by atoms with Crippen LogP contribution in [0.5, 0.6) is 0 Å². The van der Waals surface area contributed by atoms with E-state index < -0.39 is 0 Å². The summed E-state index contributed by atoms with van der Waals surface area (Å²) in [5.41, 5.74) is 1.93. The summed E-state index contributed by atoms with van der Waals surface area (Å²) in [6.45, 7) is 12.7. The summed E-state index contributed by atoms with van der Waals surface area (Å²) in [5.74, 6) is 0.619. The predicted octanol–water partition coefficient (Wildman–Crippen LogP) is 3.51. The Hall–Kier alpha value is -1.51. The maximum absolute atomic E-state index is 11.6. The minimum absolute atomic E-state index is 0.0253. The van der Waals surface area contributed by atoms with Crippen molar-refractivity contribution < 1.29 is 4.79 Å². The van der Waals surface area contributed by atoms with Crippen LogP contribution in [-0.2, 0) is 4.79 Å². The van der Waals surface area contributed by atoms with E-state index in [2.05, 4.69) is 37.1 Å². The normalized spacial score (nSPS) is 12.5. The third-order valence-corrected chi connectivity index (χ3v) is 2.60. The summed E-state index contributed by atoms with van der Waals surface area (Å²) in [6, 6.07) is 0. The van der Waals surface area contributed by atoms with Crippen molar-refractivity contribution in [2.24, 2.45) is 5.92 Å². The molecule has 3 heteroatoms. The average Bonchev–Trinajstić information content (AvgIpc) is 2.35. The van der Waals surface area contributed by atoms with E-state index in [0.29, 0.717) is 5.92 Å². The fourth-order valence-electron chi connectivity index (χ4n) is 1.62. The van der Waals surface area contributed by atoms with Crippen LogP contribution in [0.15, 0.2) is 36.2 Å². The molecule has 0 rings (SSSR count). The van der Waals surface area contributed by atoms with Crippen molar-refractivity contribution in [1.29, 1.82) is 0 Å². The van der Waals surface area contributed by atoms with Crippen LogP contribution < -0.4 is 10.6 Å². The Kier molecular flexibility index (Phi) is 9.59. The highest BCUT2D eigenvalue weighted by atomic mass is 16.1. The van der Waals surface area contributed by atoms with Crippen molar-refractivity contribution in [2.75, 3.05) is 6.54 Å². The van der Waals surface area contributed by atoms with E-state index in [0.717, 1.165) is 37.1 Å². The number of allylic oxidation sites excluding steroid dienone is 3. The van der Waals surface area contributed by atoms with Gasteiger partial charge in [-0.1, -0.05) is 39.5 Å². The van der Waals surface area contributed by atoms with E-state index in [1.165, 1.54) is 0 Å². The molecule has 0 unspecified atom stereocenters. The van der Waals surface area contributed by atoms with E-state index in [1.54, 1.807) is 6.20 Å². The molecule has 0 aliphatic carbocycles. The summed E-state index contributed by atoms with van der Waals surface area (Å²) < 4.78 is 0. The highest BCUT2D eigenvalue weighted by Crippen LogP contribution is 2.09. The standard InChI is InChI=1S/C16H28N2O/c1-6-11-18-16(19)14(5)9-8-10-15(17-7-2)12-13(3)4/h7,9-10,13,17H,2,6,8,11-12H2,1,3-5H3,(H,18,19)/b14-9+,15-10+. The first-order valence-corrected chi connectivity index (χ1v) is 7.02. The first-order valence-electron chi connectivity index (χ1n) is 7.02. The number of nitrogens with one attached hydrogen (secondary N) is 2. The Balaban J connectivity index is 4.39. The molecule has 3 nitrogen and oxygen atoms in total. The maximum atomic E-state index is 11.6. The molecule has 2 N–H and O–H groups in total. The molecular formula is C16H28N2O. The van der Waals surface area contributed by atoms with Crippen LogP contribution in [0, 0.1) is 5.92 Å². The number of hydrogen-bond donors (Lipinski definition) is 2. The topological polar surface area (TPSA) is 41.1 Å². The lowest BCUT2D eigenvalue weighted by atomic mass is 10.1. The molecule has 108 valence electrons. The Morgan fingerprint density at radius 2 is 2.00 bits per heavy atom. The molecule has 0 aromatic heterocycles. The summed E-state index contributed by atoms with van der Waals surface area (Å²) >= 11 is 0. The van der Waals surface area contributed by atoms with Crippen LogP contribution in [0.1, 0.15) is 47.0 Å². The average molecular weight is 264 g/mol. The van der Waals surface area contributed by atoms with Crippen LogP contribution in [0.4, 0.5) is 0 Å². The van der Waals surface area contributed by atoms with Gasteiger partial charge in [0, 0.05) is 17.8 Å². The number of hydrogen-bond acceptors (Lipinski definition) is 2. The van der Waals surface area contributed by atoms with Crippen molar-refractivity contribution in [3.05, 3.63) is 36.2 Å². The molecule has 0 bridgehead atoms. The van der Waals surface area contributed by atoms with Crippen molar-refractivity contribution in [3.63, 3.8) is 0 Å². The molecule has 0 aliphatic rings. The van der Waals surface area contributed by atoms with Crippen molar-refractivity contribution in [2.45, 2.75) is 47.0 Å². The molecule has 0 saturated carbocycles. The minimum Gasteiger partial charge on any atom is -0.366 e. The molecule has 0 saturated heterocycles. The molecule has 0 atom stereocenters. The lowest BCUT2D eigenvalue weighted by molar-refractivity contribution is -0.117. The second-order valence-electron chi connectivity index (χ2n) is 5.05. The summed E-state index contributed by atoms with van der Waals surface area (Å²) in [5, 5.41) is 6.01. The van der Waals surface area contributed by atoms with Crippen LogP contribution in [0.3, 0.4) is 0 Å². The zero-order chi connectivity index (χ0) is 14.7.